The highest BCUT2D eigenvalue weighted by atomic mass is 16.2. The minimum Gasteiger partial charge on any atom is -0.369 e. The van der Waals surface area contributed by atoms with Crippen LogP contribution in [0.25, 0.3) is 0 Å². The van der Waals surface area contributed by atoms with E-state index in [1.807, 2.05) is 0 Å². The summed E-state index contributed by atoms with van der Waals surface area (Å²) < 4.78 is 0. The molecule has 1 aliphatic rings. The summed E-state index contributed by atoms with van der Waals surface area (Å²) in [7, 11) is 0. The molecule has 0 aromatic rings. The lowest BCUT2D eigenvalue weighted by molar-refractivity contribution is -0.130. The highest BCUT2D eigenvalue weighted by molar-refractivity contribution is 5.79. The molecule has 0 radical (unpaired) electrons. The number of hydrogen-bond acceptors (Lipinski definition) is 3. The maximum atomic E-state index is 11.1. The molecule has 5 heteroatoms. The topological polar surface area (TPSA) is 75.4 Å². The molecule has 5 nitrogen and oxygen atoms in total. The van der Waals surface area contributed by atoms with Gasteiger partial charge in [0.2, 0.25) is 11.8 Å². The molecule has 1 rings (SSSR count). The molecule has 0 aromatic heterocycles. The van der Waals surface area contributed by atoms with E-state index in [1.54, 1.807) is 4.90 Å². The Labute approximate surface area is 77.3 Å². The average molecular weight is 185 g/mol. The van der Waals surface area contributed by atoms with Crippen LogP contribution < -0.4 is 11.1 Å². The second kappa shape index (κ2) is 4.23. The Morgan fingerprint density at radius 2 is 2.23 bits per heavy atom. The van der Waals surface area contributed by atoms with Crippen LogP contribution in [0.1, 0.15) is 6.92 Å². The second-order valence-corrected chi connectivity index (χ2v) is 3.27. The van der Waals surface area contributed by atoms with Gasteiger partial charge in [0.25, 0.3) is 0 Å². The molecule has 0 bridgehead atoms. The minimum absolute atomic E-state index is 0.00468. The van der Waals surface area contributed by atoms with Gasteiger partial charge in [-0.1, -0.05) is 0 Å². The van der Waals surface area contributed by atoms with Crippen LogP contribution >= 0.6 is 0 Å². The molecule has 0 aliphatic carbocycles. The van der Waals surface area contributed by atoms with E-state index < -0.39 is 0 Å². The fourth-order valence-electron chi connectivity index (χ4n) is 1.39. The normalized spacial score (nSPS) is 23.8. The van der Waals surface area contributed by atoms with Gasteiger partial charge in [-0.2, -0.15) is 0 Å². The minimum atomic E-state index is -0.347. The van der Waals surface area contributed by atoms with Crippen molar-refractivity contribution in [2.75, 3.05) is 26.2 Å². The number of nitrogens with zero attached hydrogens (tertiary/aromatic N) is 1. The molecule has 1 aliphatic heterocycles. The Morgan fingerprint density at radius 3 is 2.77 bits per heavy atom. The van der Waals surface area contributed by atoms with Crippen molar-refractivity contribution in [3.8, 4) is 0 Å². The molecule has 1 fully saturated rings. The van der Waals surface area contributed by atoms with Crippen LogP contribution in [0.4, 0.5) is 0 Å². The number of rotatable bonds is 1. The van der Waals surface area contributed by atoms with Crippen molar-refractivity contribution in [2.24, 2.45) is 11.7 Å². The maximum absolute atomic E-state index is 11.1. The smallest absolute Gasteiger partial charge is 0.223 e. The van der Waals surface area contributed by atoms with Crippen molar-refractivity contribution in [3.63, 3.8) is 0 Å². The van der Waals surface area contributed by atoms with Crippen LogP contribution in [0, 0.1) is 5.92 Å². The van der Waals surface area contributed by atoms with Gasteiger partial charge in [-0.3, -0.25) is 9.59 Å². The molecule has 0 unspecified atom stereocenters. The van der Waals surface area contributed by atoms with Crippen LogP contribution in [0.2, 0.25) is 0 Å². The molecule has 2 amide bonds. The van der Waals surface area contributed by atoms with Crippen LogP contribution in [-0.4, -0.2) is 42.9 Å². The van der Waals surface area contributed by atoms with Gasteiger partial charge in [-0.15, -0.1) is 0 Å². The largest absolute Gasteiger partial charge is 0.369 e. The SMILES string of the molecule is CC(=O)N1CCNC[C@@H](C(N)=O)C1. The lowest BCUT2D eigenvalue weighted by Gasteiger charge is -2.20. The Kier molecular flexibility index (Phi) is 3.25. The van der Waals surface area contributed by atoms with Crippen molar-refractivity contribution in [1.29, 1.82) is 0 Å². The molecule has 1 saturated heterocycles. The molecule has 13 heavy (non-hydrogen) atoms. The summed E-state index contributed by atoms with van der Waals surface area (Å²) >= 11 is 0. The number of carbonyl (C=O) groups excluding carboxylic acids is 2. The van der Waals surface area contributed by atoms with Gasteiger partial charge >= 0.3 is 0 Å². The molecular formula is C8H15N3O2. The van der Waals surface area contributed by atoms with E-state index in [2.05, 4.69) is 5.32 Å². The highest BCUT2D eigenvalue weighted by Crippen LogP contribution is 2.02. The van der Waals surface area contributed by atoms with E-state index in [-0.39, 0.29) is 17.7 Å². The predicted octanol–water partition coefficient (Wildman–Crippen LogP) is -1.46. The van der Waals surface area contributed by atoms with Gasteiger partial charge in [-0.25, -0.2) is 0 Å². The quantitative estimate of drug-likeness (QED) is 0.524. The van der Waals surface area contributed by atoms with E-state index in [0.717, 1.165) is 6.54 Å². The van der Waals surface area contributed by atoms with E-state index in [1.165, 1.54) is 6.92 Å². The van der Waals surface area contributed by atoms with E-state index >= 15 is 0 Å². The van der Waals surface area contributed by atoms with Gasteiger partial charge in [0.15, 0.2) is 0 Å². The average Bonchev–Trinajstić information content (AvgIpc) is 2.28. The second-order valence-electron chi connectivity index (χ2n) is 3.27. The summed E-state index contributed by atoms with van der Waals surface area (Å²) in [6.07, 6.45) is 0. The van der Waals surface area contributed by atoms with Crippen LogP contribution in [0.5, 0.6) is 0 Å². The van der Waals surface area contributed by atoms with Crippen LogP contribution in [0.15, 0.2) is 0 Å². The van der Waals surface area contributed by atoms with Crippen molar-refractivity contribution >= 4 is 11.8 Å². The first-order valence-corrected chi connectivity index (χ1v) is 4.37. The number of hydrogen-bond donors (Lipinski definition) is 2. The van der Waals surface area contributed by atoms with Gasteiger partial charge in [0.05, 0.1) is 5.92 Å². The molecule has 3 N–H and O–H groups in total. The molecule has 1 atom stereocenters. The summed E-state index contributed by atoms with van der Waals surface area (Å²) in [5.74, 6) is -0.609. The Bertz CT molecular complexity index is 195. The Hall–Kier alpha value is -1.10. The van der Waals surface area contributed by atoms with Gasteiger partial charge in [0.1, 0.15) is 0 Å². The maximum Gasteiger partial charge on any atom is 0.223 e. The van der Waals surface area contributed by atoms with Crippen molar-refractivity contribution in [2.45, 2.75) is 6.92 Å². The van der Waals surface area contributed by atoms with Gasteiger partial charge in [-0.05, 0) is 0 Å². The third-order valence-electron chi connectivity index (χ3n) is 2.24. The standard InChI is InChI=1S/C8H15N3O2/c1-6(12)11-3-2-10-4-7(5-11)8(9)13/h7,10H,2-5H2,1H3,(H2,9,13)/t7-/m1/s1. The third-order valence-corrected chi connectivity index (χ3v) is 2.24. The number of nitrogens with one attached hydrogen (secondary N) is 1. The third kappa shape index (κ3) is 2.69. The van der Waals surface area contributed by atoms with Crippen molar-refractivity contribution < 1.29 is 9.59 Å². The first-order chi connectivity index (χ1) is 6.11. The molecule has 74 valence electrons. The fraction of sp³-hybridized carbons (Fsp3) is 0.750. The van der Waals surface area contributed by atoms with E-state index in [4.69, 9.17) is 5.73 Å². The molecule has 0 saturated carbocycles. The molecular weight excluding hydrogens is 170 g/mol. The summed E-state index contributed by atoms with van der Waals surface area (Å²) in [6, 6.07) is 0. The fourth-order valence-corrected chi connectivity index (χ4v) is 1.39. The van der Waals surface area contributed by atoms with Gasteiger partial charge in [0, 0.05) is 33.1 Å². The number of primary amides is 1. The van der Waals surface area contributed by atoms with Crippen molar-refractivity contribution in [3.05, 3.63) is 0 Å². The lowest BCUT2D eigenvalue weighted by Crippen LogP contribution is -2.39. The zero-order valence-corrected chi connectivity index (χ0v) is 7.75. The highest BCUT2D eigenvalue weighted by Gasteiger charge is 2.22. The zero-order chi connectivity index (χ0) is 9.84. The summed E-state index contributed by atoms with van der Waals surface area (Å²) in [5.41, 5.74) is 5.18. The Balaban J connectivity index is 2.59. The molecule has 0 spiro atoms. The van der Waals surface area contributed by atoms with Crippen LogP contribution in [0.3, 0.4) is 0 Å². The first-order valence-electron chi connectivity index (χ1n) is 4.37. The summed E-state index contributed by atoms with van der Waals surface area (Å²) in [5, 5.41) is 3.07. The van der Waals surface area contributed by atoms with Gasteiger partial charge < -0.3 is 16.0 Å². The number of nitrogens with two attached hydrogens (primary N) is 1. The lowest BCUT2D eigenvalue weighted by atomic mass is 10.1. The predicted molar refractivity (Wildman–Crippen MR) is 47.8 cm³/mol. The molecule has 0 aromatic carbocycles. The molecule has 1 heterocycles. The number of carbonyl (C=O) groups is 2. The first kappa shape index (κ1) is 9.98. The van der Waals surface area contributed by atoms with Crippen molar-refractivity contribution in [1.82, 2.24) is 10.2 Å². The summed E-state index contributed by atoms with van der Waals surface area (Å²) in [6.45, 7) is 3.89. The number of amides is 2. The van der Waals surface area contributed by atoms with E-state index in [0.29, 0.717) is 19.6 Å². The monoisotopic (exact) mass is 185 g/mol. The summed E-state index contributed by atoms with van der Waals surface area (Å²) in [4.78, 5) is 23.6. The van der Waals surface area contributed by atoms with Crippen LogP contribution in [-0.2, 0) is 9.59 Å². The van der Waals surface area contributed by atoms with E-state index in [9.17, 15) is 9.59 Å². The Morgan fingerprint density at radius 1 is 1.54 bits per heavy atom. The zero-order valence-electron chi connectivity index (χ0n) is 7.75.